The van der Waals surface area contributed by atoms with Gasteiger partial charge in [-0.25, -0.2) is 0 Å². The van der Waals surface area contributed by atoms with Crippen LogP contribution in [0, 0.1) is 0 Å². The summed E-state index contributed by atoms with van der Waals surface area (Å²) in [6.07, 6.45) is 2.41. The fourth-order valence-corrected chi connectivity index (χ4v) is 1.64. The van der Waals surface area contributed by atoms with Gasteiger partial charge in [0, 0.05) is 30.9 Å². The Morgan fingerprint density at radius 3 is 2.50 bits per heavy atom. The molecule has 2 heterocycles. The monoisotopic (exact) mass is 223 g/mol. The molecule has 4 nitrogen and oxygen atoms in total. The highest BCUT2D eigenvalue weighted by molar-refractivity contribution is 5.27. The molecular weight excluding hydrogens is 202 g/mol. The van der Waals surface area contributed by atoms with Gasteiger partial charge in [-0.2, -0.15) is 0 Å². The smallest absolute Gasteiger partial charge is 0.236 e. The Morgan fingerprint density at radius 2 is 2.06 bits per heavy atom. The van der Waals surface area contributed by atoms with E-state index in [0.29, 0.717) is 18.1 Å². The SMILES string of the molecule is CC(C)c1cn(C(C)C)nc1OC1CNC1. The molecule has 0 saturated carbocycles. The fraction of sp³-hybridized carbons (Fsp3) is 0.750. The van der Waals surface area contributed by atoms with Gasteiger partial charge in [0.05, 0.1) is 0 Å². The van der Waals surface area contributed by atoms with Gasteiger partial charge in [0.25, 0.3) is 0 Å². The zero-order valence-electron chi connectivity index (χ0n) is 10.5. The highest BCUT2D eigenvalue weighted by atomic mass is 16.5. The van der Waals surface area contributed by atoms with Crippen LogP contribution in [0.3, 0.4) is 0 Å². The average Bonchev–Trinajstić information content (AvgIpc) is 2.55. The molecule has 1 N–H and O–H groups in total. The van der Waals surface area contributed by atoms with E-state index in [-0.39, 0.29) is 0 Å². The minimum atomic E-state index is 0.299. The lowest BCUT2D eigenvalue weighted by Gasteiger charge is -2.27. The van der Waals surface area contributed by atoms with E-state index in [1.165, 1.54) is 5.56 Å². The maximum atomic E-state index is 5.88. The van der Waals surface area contributed by atoms with Crippen LogP contribution >= 0.6 is 0 Å². The summed E-state index contributed by atoms with van der Waals surface area (Å²) >= 11 is 0. The lowest BCUT2D eigenvalue weighted by molar-refractivity contribution is 0.133. The number of aromatic nitrogens is 2. The molecule has 0 aliphatic carbocycles. The molecule has 4 heteroatoms. The molecule has 2 rings (SSSR count). The molecule has 1 saturated heterocycles. The highest BCUT2D eigenvalue weighted by Crippen LogP contribution is 2.27. The molecule has 16 heavy (non-hydrogen) atoms. The van der Waals surface area contributed by atoms with Crippen molar-refractivity contribution in [3.63, 3.8) is 0 Å². The third-order valence-electron chi connectivity index (χ3n) is 2.90. The van der Waals surface area contributed by atoms with Crippen LogP contribution in [0.15, 0.2) is 6.20 Å². The van der Waals surface area contributed by atoms with E-state index in [9.17, 15) is 0 Å². The van der Waals surface area contributed by atoms with Gasteiger partial charge in [0.2, 0.25) is 5.88 Å². The largest absolute Gasteiger partial charge is 0.470 e. The molecule has 0 aromatic carbocycles. The Bertz CT molecular complexity index is 353. The number of hydrogen-bond acceptors (Lipinski definition) is 3. The van der Waals surface area contributed by atoms with Crippen molar-refractivity contribution >= 4 is 0 Å². The second-order valence-electron chi connectivity index (χ2n) is 5.02. The van der Waals surface area contributed by atoms with E-state index < -0.39 is 0 Å². The minimum absolute atomic E-state index is 0.299. The fourth-order valence-electron chi connectivity index (χ4n) is 1.64. The number of rotatable bonds is 4. The molecule has 1 fully saturated rings. The lowest BCUT2D eigenvalue weighted by atomic mass is 10.1. The Hall–Kier alpha value is -1.03. The van der Waals surface area contributed by atoms with E-state index in [4.69, 9.17) is 4.74 Å². The van der Waals surface area contributed by atoms with Crippen LogP contribution in [0.5, 0.6) is 5.88 Å². The molecule has 1 aliphatic rings. The maximum Gasteiger partial charge on any atom is 0.236 e. The van der Waals surface area contributed by atoms with Crippen molar-refractivity contribution in [3.8, 4) is 5.88 Å². The predicted molar refractivity (Wildman–Crippen MR) is 64.0 cm³/mol. The van der Waals surface area contributed by atoms with Gasteiger partial charge in [-0.1, -0.05) is 13.8 Å². The molecule has 1 aliphatic heterocycles. The van der Waals surface area contributed by atoms with E-state index >= 15 is 0 Å². The van der Waals surface area contributed by atoms with E-state index in [1.54, 1.807) is 0 Å². The van der Waals surface area contributed by atoms with E-state index in [1.807, 2.05) is 4.68 Å². The summed E-state index contributed by atoms with van der Waals surface area (Å²) in [6, 6.07) is 0.384. The number of hydrogen-bond donors (Lipinski definition) is 1. The highest BCUT2D eigenvalue weighted by Gasteiger charge is 2.23. The summed E-state index contributed by atoms with van der Waals surface area (Å²) in [7, 11) is 0. The number of ether oxygens (including phenoxy) is 1. The standard InChI is InChI=1S/C12H21N3O/c1-8(2)11-7-15(9(3)4)14-12(11)16-10-5-13-6-10/h7-10,13H,5-6H2,1-4H3. The molecule has 1 aromatic heterocycles. The second-order valence-corrected chi connectivity index (χ2v) is 5.02. The maximum absolute atomic E-state index is 5.88. The summed E-state index contributed by atoms with van der Waals surface area (Å²) in [4.78, 5) is 0. The van der Waals surface area contributed by atoms with Gasteiger partial charge in [-0.05, 0) is 19.8 Å². The Kier molecular flexibility index (Phi) is 3.19. The summed E-state index contributed by atoms with van der Waals surface area (Å²) in [5.74, 6) is 1.27. The van der Waals surface area contributed by atoms with Crippen LogP contribution in [0.4, 0.5) is 0 Å². The summed E-state index contributed by atoms with van der Waals surface area (Å²) in [5.41, 5.74) is 1.21. The molecule has 0 unspecified atom stereocenters. The van der Waals surface area contributed by atoms with Crippen LogP contribution in [0.1, 0.15) is 45.2 Å². The zero-order chi connectivity index (χ0) is 11.7. The molecule has 90 valence electrons. The van der Waals surface area contributed by atoms with Crippen molar-refractivity contribution in [2.45, 2.75) is 45.8 Å². The summed E-state index contributed by atoms with van der Waals surface area (Å²) in [5, 5.41) is 7.72. The second kappa shape index (κ2) is 4.45. The molecule has 0 amide bonds. The number of nitrogens with zero attached hydrogens (tertiary/aromatic N) is 2. The molecular formula is C12H21N3O. The first-order valence-corrected chi connectivity index (χ1v) is 6.04. The predicted octanol–water partition coefficient (Wildman–Crippen LogP) is 1.94. The first kappa shape index (κ1) is 11.5. The van der Waals surface area contributed by atoms with Crippen molar-refractivity contribution in [2.24, 2.45) is 0 Å². The van der Waals surface area contributed by atoms with Crippen molar-refractivity contribution in [2.75, 3.05) is 13.1 Å². The topological polar surface area (TPSA) is 39.1 Å². The normalized spacial score (nSPS) is 16.9. The molecule has 1 aromatic rings. The van der Waals surface area contributed by atoms with Crippen molar-refractivity contribution in [1.82, 2.24) is 15.1 Å². The van der Waals surface area contributed by atoms with Crippen LogP contribution in [0.25, 0.3) is 0 Å². The van der Waals surface area contributed by atoms with Gasteiger partial charge in [0.15, 0.2) is 0 Å². The third kappa shape index (κ3) is 2.21. The van der Waals surface area contributed by atoms with Crippen molar-refractivity contribution in [1.29, 1.82) is 0 Å². The van der Waals surface area contributed by atoms with Crippen LogP contribution in [-0.2, 0) is 0 Å². The Labute approximate surface area is 97.0 Å². The quantitative estimate of drug-likeness (QED) is 0.848. The first-order valence-electron chi connectivity index (χ1n) is 6.04. The first-order chi connectivity index (χ1) is 7.58. The van der Waals surface area contributed by atoms with Gasteiger partial charge >= 0.3 is 0 Å². The minimum Gasteiger partial charge on any atom is -0.470 e. The van der Waals surface area contributed by atoms with Gasteiger partial charge in [-0.3, -0.25) is 4.68 Å². The Morgan fingerprint density at radius 1 is 1.38 bits per heavy atom. The molecule has 0 bridgehead atoms. The van der Waals surface area contributed by atoms with Crippen LogP contribution in [0.2, 0.25) is 0 Å². The molecule has 0 spiro atoms. The van der Waals surface area contributed by atoms with Gasteiger partial charge < -0.3 is 10.1 Å². The third-order valence-corrected chi connectivity index (χ3v) is 2.90. The molecule has 0 radical (unpaired) electrons. The van der Waals surface area contributed by atoms with Crippen LogP contribution < -0.4 is 10.1 Å². The number of nitrogens with one attached hydrogen (secondary N) is 1. The van der Waals surface area contributed by atoms with Gasteiger partial charge in [0.1, 0.15) is 6.10 Å². The summed E-state index contributed by atoms with van der Waals surface area (Å²) < 4.78 is 7.86. The van der Waals surface area contributed by atoms with E-state index in [2.05, 4.69) is 44.3 Å². The average molecular weight is 223 g/mol. The molecule has 0 atom stereocenters. The van der Waals surface area contributed by atoms with Crippen molar-refractivity contribution in [3.05, 3.63) is 11.8 Å². The van der Waals surface area contributed by atoms with Gasteiger partial charge in [-0.15, -0.1) is 5.10 Å². The lowest BCUT2D eigenvalue weighted by Crippen LogP contribution is -2.50. The van der Waals surface area contributed by atoms with E-state index in [0.717, 1.165) is 19.0 Å². The summed E-state index contributed by atoms with van der Waals surface area (Å²) in [6.45, 7) is 10.5. The Balaban J connectivity index is 2.18. The zero-order valence-corrected chi connectivity index (χ0v) is 10.5. The van der Waals surface area contributed by atoms with Crippen molar-refractivity contribution < 1.29 is 4.74 Å². The van der Waals surface area contributed by atoms with Crippen LogP contribution in [-0.4, -0.2) is 29.0 Å².